The molecule has 0 bridgehead atoms. The topological polar surface area (TPSA) is 219 Å². The number of nitrogens with one attached hydrogen (secondary N) is 2. The zero-order valence-electron chi connectivity index (χ0n) is 28.6. The third kappa shape index (κ3) is 8.79. The summed E-state index contributed by atoms with van der Waals surface area (Å²) in [5.41, 5.74) is 4.91. The molecule has 4 atom stereocenters. The van der Waals surface area contributed by atoms with E-state index in [1.807, 2.05) is 0 Å². The first-order valence-electron chi connectivity index (χ1n) is 16.2. The summed E-state index contributed by atoms with van der Waals surface area (Å²) in [5, 5.41) is 5.39. The standard InChI is InChI=1S/C34H37N5O10.C2H4/c1-4-20(29(35)44)16-34(3,27-19(2)31(46)38(32(27)47)17-26(42)49-39-24(40)14-15-25(39)41)33(48)37-18-36-30(45)23-12-10-22(11-13-23)28(43)21-8-6-5-7-9-21;1-2/h5-13,19-20,27H,4,14-18H2,1-3H3,(H2,35,44)(H,36,45)(H,37,48);1-2H2. The lowest BCUT2D eigenvalue weighted by Crippen LogP contribution is -2.52. The highest BCUT2D eigenvalue weighted by molar-refractivity contribution is 6.10. The Bertz CT molecular complexity index is 1690. The molecule has 270 valence electrons. The highest BCUT2D eigenvalue weighted by Gasteiger charge is 2.57. The maximum absolute atomic E-state index is 13.8. The van der Waals surface area contributed by atoms with Crippen molar-refractivity contribution in [2.75, 3.05) is 13.2 Å². The predicted molar refractivity (Wildman–Crippen MR) is 180 cm³/mol. The van der Waals surface area contributed by atoms with E-state index >= 15 is 0 Å². The average molecular weight is 704 g/mol. The van der Waals surface area contributed by atoms with Crippen LogP contribution in [0.25, 0.3) is 0 Å². The van der Waals surface area contributed by atoms with Gasteiger partial charge in [0.25, 0.3) is 17.7 Å². The van der Waals surface area contributed by atoms with Crippen molar-refractivity contribution in [3.63, 3.8) is 0 Å². The van der Waals surface area contributed by atoms with Crippen molar-refractivity contribution in [2.45, 2.75) is 46.5 Å². The molecule has 2 aliphatic rings. The van der Waals surface area contributed by atoms with Crippen molar-refractivity contribution in [1.29, 1.82) is 0 Å². The Kier molecular flexibility index (Phi) is 13.2. The third-order valence-corrected chi connectivity index (χ3v) is 8.89. The number of nitrogens with zero attached hydrogens (tertiary/aromatic N) is 2. The Balaban J connectivity index is 0.00000345. The molecule has 2 aliphatic heterocycles. The van der Waals surface area contributed by atoms with Crippen LogP contribution in [0.5, 0.6) is 0 Å². The van der Waals surface area contributed by atoms with Crippen molar-refractivity contribution in [3.05, 3.63) is 84.4 Å². The molecule has 0 aliphatic carbocycles. The number of imide groups is 2. The molecule has 0 saturated carbocycles. The minimum absolute atomic E-state index is 0.152. The van der Waals surface area contributed by atoms with Gasteiger partial charge in [-0.05, 0) is 31.9 Å². The van der Waals surface area contributed by atoms with Crippen LogP contribution in [0.4, 0.5) is 0 Å². The lowest BCUT2D eigenvalue weighted by atomic mass is 9.66. The van der Waals surface area contributed by atoms with Gasteiger partial charge in [0.1, 0.15) is 6.54 Å². The van der Waals surface area contributed by atoms with Crippen molar-refractivity contribution < 1.29 is 48.0 Å². The predicted octanol–water partition coefficient (Wildman–Crippen LogP) is 1.66. The summed E-state index contributed by atoms with van der Waals surface area (Å²) in [5.74, 6) is -10.1. The molecule has 2 fully saturated rings. The molecule has 2 saturated heterocycles. The maximum Gasteiger partial charge on any atom is 0.352 e. The molecule has 2 aromatic rings. The second-order valence-corrected chi connectivity index (χ2v) is 12.2. The zero-order valence-corrected chi connectivity index (χ0v) is 28.6. The van der Waals surface area contributed by atoms with Gasteiger partial charge in [-0.2, -0.15) is 0 Å². The summed E-state index contributed by atoms with van der Waals surface area (Å²) in [4.78, 5) is 120. The Hall–Kier alpha value is -5.99. The van der Waals surface area contributed by atoms with E-state index in [0.717, 1.165) is 0 Å². The number of benzene rings is 2. The van der Waals surface area contributed by atoms with Gasteiger partial charge in [-0.1, -0.05) is 56.3 Å². The lowest BCUT2D eigenvalue weighted by molar-refractivity contribution is -0.198. The Morgan fingerprint density at radius 2 is 1.43 bits per heavy atom. The fourth-order valence-corrected chi connectivity index (χ4v) is 6.13. The van der Waals surface area contributed by atoms with Crippen LogP contribution in [0.3, 0.4) is 0 Å². The number of rotatable bonds is 14. The van der Waals surface area contributed by atoms with E-state index in [1.165, 1.54) is 38.1 Å². The number of likely N-dealkylation sites (tertiary alicyclic amines) is 1. The number of hydrogen-bond donors (Lipinski definition) is 3. The van der Waals surface area contributed by atoms with Crippen molar-refractivity contribution in [1.82, 2.24) is 20.6 Å². The molecule has 51 heavy (non-hydrogen) atoms. The molecule has 2 heterocycles. The molecule has 15 heteroatoms. The Labute approximate surface area is 294 Å². The number of primary amides is 1. The van der Waals surface area contributed by atoms with E-state index in [2.05, 4.69) is 23.8 Å². The van der Waals surface area contributed by atoms with Gasteiger partial charge < -0.3 is 21.2 Å². The number of carbonyl (C=O) groups is 9. The van der Waals surface area contributed by atoms with Crippen LogP contribution >= 0.6 is 0 Å². The summed E-state index contributed by atoms with van der Waals surface area (Å²) in [6, 6.07) is 14.5. The first-order chi connectivity index (χ1) is 24.2. The van der Waals surface area contributed by atoms with Gasteiger partial charge in [0, 0.05) is 41.4 Å². The maximum atomic E-state index is 13.8. The van der Waals surface area contributed by atoms with Gasteiger partial charge in [-0.3, -0.25) is 43.3 Å². The van der Waals surface area contributed by atoms with Crippen molar-refractivity contribution in [2.24, 2.45) is 28.9 Å². The van der Waals surface area contributed by atoms with Crippen LogP contribution in [0.1, 0.15) is 72.7 Å². The van der Waals surface area contributed by atoms with Gasteiger partial charge >= 0.3 is 5.97 Å². The normalized spacial score (nSPS) is 18.6. The fraction of sp³-hybridized carbons (Fsp3) is 0.361. The summed E-state index contributed by atoms with van der Waals surface area (Å²) in [7, 11) is 0. The largest absolute Gasteiger partial charge is 0.369 e. The average Bonchev–Trinajstić information content (AvgIpc) is 3.55. The minimum atomic E-state index is -1.73. The summed E-state index contributed by atoms with van der Waals surface area (Å²) in [6.07, 6.45) is -0.323. The van der Waals surface area contributed by atoms with Crippen LogP contribution in [0.2, 0.25) is 0 Å². The number of nitrogens with two attached hydrogens (primary N) is 1. The van der Waals surface area contributed by atoms with E-state index in [9.17, 15) is 43.2 Å². The Morgan fingerprint density at radius 3 is 1.98 bits per heavy atom. The van der Waals surface area contributed by atoms with Crippen LogP contribution in [0.15, 0.2) is 67.8 Å². The second kappa shape index (κ2) is 17.1. The molecule has 4 N–H and O–H groups in total. The van der Waals surface area contributed by atoms with Crippen LogP contribution < -0.4 is 16.4 Å². The number of hydrogen-bond acceptors (Lipinski definition) is 10. The van der Waals surface area contributed by atoms with Crippen LogP contribution in [-0.2, 0) is 38.4 Å². The molecule has 7 amide bonds. The quantitative estimate of drug-likeness (QED) is 0.112. The minimum Gasteiger partial charge on any atom is -0.369 e. The van der Waals surface area contributed by atoms with Crippen molar-refractivity contribution in [3.8, 4) is 0 Å². The third-order valence-electron chi connectivity index (χ3n) is 8.89. The summed E-state index contributed by atoms with van der Waals surface area (Å²) >= 11 is 0. The van der Waals surface area contributed by atoms with E-state index in [1.54, 1.807) is 37.3 Å². The molecule has 15 nitrogen and oxygen atoms in total. The number of carbonyl (C=O) groups excluding carboxylic acids is 9. The van der Waals surface area contributed by atoms with Gasteiger partial charge in [-0.15, -0.1) is 18.2 Å². The lowest BCUT2D eigenvalue weighted by Gasteiger charge is -2.36. The van der Waals surface area contributed by atoms with E-state index in [0.29, 0.717) is 16.0 Å². The molecule has 4 unspecified atom stereocenters. The first-order valence-corrected chi connectivity index (χ1v) is 16.2. The molecular formula is C36H41N5O10. The first kappa shape index (κ1) is 39.4. The number of hydroxylamine groups is 2. The SMILES string of the molecule is C=C.CCC(CC(C)(C(=O)NCNC(=O)c1ccc(C(=O)c2ccccc2)cc1)C1C(=O)N(CC(=O)ON2C(=O)CCC2=O)C(=O)C1C)C(N)=O. The van der Waals surface area contributed by atoms with Crippen LogP contribution in [0, 0.1) is 23.2 Å². The van der Waals surface area contributed by atoms with Gasteiger partial charge in [0.05, 0.1) is 18.0 Å². The highest BCUT2D eigenvalue weighted by atomic mass is 16.7. The smallest absolute Gasteiger partial charge is 0.352 e. The summed E-state index contributed by atoms with van der Waals surface area (Å²) < 4.78 is 0. The zero-order chi connectivity index (χ0) is 38.0. The number of amides is 7. The molecular weight excluding hydrogens is 662 g/mol. The molecule has 0 aromatic heterocycles. The molecule has 4 rings (SSSR count). The molecule has 2 aromatic carbocycles. The highest BCUT2D eigenvalue weighted by Crippen LogP contribution is 2.45. The van der Waals surface area contributed by atoms with E-state index in [4.69, 9.17) is 10.6 Å². The molecule has 0 spiro atoms. The monoisotopic (exact) mass is 703 g/mol. The van der Waals surface area contributed by atoms with Gasteiger partial charge in [0.15, 0.2) is 5.78 Å². The Morgan fingerprint density at radius 1 is 0.882 bits per heavy atom. The van der Waals surface area contributed by atoms with E-state index in [-0.39, 0.29) is 42.1 Å². The fourth-order valence-electron chi connectivity index (χ4n) is 6.13. The molecule has 0 radical (unpaired) electrons. The van der Waals surface area contributed by atoms with Gasteiger partial charge in [0.2, 0.25) is 23.6 Å². The van der Waals surface area contributed by atoms with E-state index < -0.39 is 83.7 Å². The van der Waals surface area contributed by atoms with Crippen molar-refractivity contribution >= 4 is 53.1 Å². The second-order valence-electron chi connectivity index (χ2n) is 12.2. The summed E-state index contributed by atoms with van der Waals surface area (Å²) in [6.45, 7) is 9.14. The number of ketones is 1. The van der Waals surface area contributed by atoms with Crippen LogP contribution in [-0.4, -0.2) is 76.3 Å². The van der Waals surface area contributed by atoms with Gasteiger partial charge in [-0.25, -0.2) is 4.79 Å².